The molecule has 6 nitrogen and oxygen atoms in total. The van der Waals surface area contributed by atoms with Crippen LogP contribution >= 0.6 is 0 Å². The molecule has 2 amide bonds. The van der Waals surface area contributed by atoms with E-state index in [1.54, 1.807) is 12.1 Å². The van der Waals surface area contributed by atoms with Crippen LogP contribution in [0.4, 0.5) is 0 Å². The van der Waals surface area contributed by atoms with Crippen LogP contribution in [0.25, 0.3) is 0 Å². The van der Waals surface area contributed by atoms with Crippen molar-refractivity contribution >= 4 is 17.8 Å². The summed E-state index contributed by atoms with van der Waals surface area (Å²) in [4.78, 5) is 33.2. The molecule has 0 aromatic heterocycles. The molecule has 0 heterocycles. The predicted octanol–water partition coefficient (Wildman–Crippen LogP) is 1.41. The summed E-state index contributed by atoms with van der Waals surface area (Å²) in [6, 6.07) is 6.10. The highest BCUT2D eigenvalue weighted by molar-refractivity contribution is 5.97. The fraction of sp³-hybridized carbons (Fsp3) is 0.400. The number of amides is 2. The molecular weight excluding hydrogens is 272 g/mol. The SMILES string of the molecule is CC(CCNC(=O)c1ccc(C(N)=O)cc1)CCC(=O)O. The van der Waals surface area contributed by atoms with Gasteiger partial charge in [0, 0.05) is 24.1 Å². The lowest BCUT2D eigenvalue weighted by Crippen LogP contribution is -2.25. The van der Waals surface area contributed by atoms with Gasteiger partial charge in [-0.15, -0.1) is 0 Å². The average molecular weight is 292 g/mol. The van der Waals surface area contributed by atoms with Crippen molar-refractivity contribution in [2.75, 3.05) is 6.54 Å². The topological polar surface area (TPSA) is 109 Å². The third-order valence-corrected chi connectivity index (χ3v) is 3.21. The highest BCUT2D eigenvalue weighted by Gasteiger charge is 2.09. The molecular formula is C15H20N2O4. The second-order valence-corrected chi connectivity index (χ2v) is 5.02. The van der Waals surface area contributed by atoms with Crippen molar-refractivity contribution in [1.82, 2.24) is 5.32 Å². The smallest absolute Gasteiger partial charge is 0.303 e. The number of hydrogen-bond donors (Lipinski definition) is 3. The van der Waals surface area contributed by atoms with Crippen LogP contribution < -0.4 is 11.1 Å². The standard InChI is InChI=1S/C15H20N2O4/c1-10(2-7-13(18)19)8-9-17-15(21)12-5-3-11(4-6-12)14(16)20/h3-6,10H,2,7-9H2,1H3,(H2,16,20)(H,17,21)(H,18,19). The third-order valence-electron chi connectivity index (χ3n) is 3.21. The van der Waals surface area contributed by atoms with Gasteiger partial charge in [0.25, 0.3) is 5.91 Å². The second-order valence-electron chi connectivity index (χ2n) is 5.02. The molecule has 1 unspecified atom stereocenters. The van der Waals surface area contributed by atoms with Gasteiger partial charge in [-0.25, -0.2) is 0 Å². The van der Waals surface area contributed by atoms with Gasteiger partial charge in [0.05, 0.1) is 0 Å². The first-order valence-electron chi connectivity index (χ1n) is 6.80. The highest BCUT2D eigenvalue weighted by atomic mass is 16.4. The Hall–Kier alpha value is -2.37. The maximum atomic E-state index is 11.9. The van der Waals surface area contributed by atoms with Crippen LogP contribution in [0.1, 0.15) is 46.9 Å². The minimum absolute atomic E-state index is 0.143. The number of rotatable bonds is 8. The molecule has 6 heteroatoms. The lowest BCUT2D eigenvalue weighted by atomic mass is 10.0. The summed E-state index contributed by atoms with van der Waals surface area (Å²) in [5, 5.41) is 11.3. The minimum atomic E-state index is -0.805. The predicted molar refractivity (Wildman–Crippen MR) is 77.9 cm³/mol. The van der Waals surface area contributed by atoms with Crippen molar-refractivity contribution in [2.24, 2.45) is 11.7 Å². The number of carboxylic acids is 1. The van der Waals surface area contributed by atoms with E-state index >= 15 is 0 Å². The Morgan fingerprint density at radius 3 is 2.24 bits per heavy atom. The third kappa shape index (κ3) is 6.07. The largest absolute Gasteiger partial charge is 0.481 e. The summed E-state index contributed by atoms with van der Waals surface area (Å²) >= 11 is 0. The normalized spacial score (nSPS) is 11.7. The Kier molecular flexibility index (Phi) is 6.39. The van der Waals surface area contributed by atoms with Gasteiger partial charge in [0.2, 0.25) is 5.91 Å². The fourth-order valence-corrected chi connectivity index (χ4v) is 1.83. The van der Waals surface area contributed by atoms with Gasteiger partial charge in [0.15, 0.2) is 0 Å². The quantitative estimate of drug-likeness (QED) is 0.672. The number of carbonyl (C=O) groups excluding carboxylic acids is 2. The van der Waals surface area contributed by atoms with E-state index in [1.807, 2.05) is 6.92 Å². The maximum absolute atomic E-state index is 11.9. The summed E-state index contributed by atoms with van der Waals surface area (Å²) in [6.07, 6.45) is 1.46. The summed E-state index contributed by atoms with van der Waals surface area (Å²) in [6.45, 7) is 2.44. The molecule has 0 fully saturated rings. The van der Waals surface area contributed by atoms with E-state index in [0.29, 0.717) is 24.1 Å². The van der Waals surface area contributed by atoms with Gasteiger partial charge < -0.3 is 16.2 Å². The highest BCUT2D eigenvalue weighted by Crippen LogP contribution is 2.09. The molecule has 0 aliphatic heterocycles. The molecule has 0 aliphatic carbocycles. The van der Waals surface area contributed by atoms with Crippen molar-refractivity contribution in [1.29, 1.82) is 0 Å². The van der Waals surface area contributed by atoms with E-state index < -0.39 is 11.9 Å². The van der Waals surface area contributed by atoms with E-state index in [9.17, 15) is 14.4 Å². The number of carbonyl (C=O) groups is 3. The van der Waals surface area contributed by atoms with Crippen LogP contribution in [0.15, 0.2) is 24.3 Å². The van der Waals surface area contributed by atoms with Gasteiger partial charge in [-0.3, -0.25) is 14.4 Å². The van der Waals surface area contributed by atoms with Gasteiger partial charge in [-0.1, -0.05) is 6.92 Å². The number of hydrogen-bond acceptors (Lipinski definition) is 3. The van der Waals surface area contributed by atoms with Crippen molar-refractivity contribution < 1.29 is 19.5 Å². The van der Waals surface area contributed by atoms with Crippen molar-refractivity contribution in [3.8, 4) is 0 Å². The van der Waals surface area contributed by atoms with Crippen LogP contribution in [0, 0.1) is 5.92 Å². The van der Waals surface area contributed by atoms with Crippen LogP contribution in [0.5, 0.6) is 0 Å². The van der Waals surface area contributed by atoms with E-state index in [2.05, 4.69) is 5.32 Å². The van der Waals surface area contributed by atoms with Crippen LogP contribution in [-0.4, -0.2) is 29.4 Å². The van der Waals surface area contributed by atoms with Crippen molar-refractivity contribution in [3.63, 3.8) is 0 Å². The second kappa shape index (κ2) is 8.04. The maximum Gasteiger partial charge on any atom is 0.303 e. The Labute approximate surface area is 123 Å². The van der Waals surface area contributed by atoms with E-state index in [0.717, 1.165) is 6.42 Å². The zero-order chi connectivity index (χ0) is 15.8. The molecule has 1 rings (SSSR count). The summed E-state index contributed by atoms with van der Waals surface area (Å²) in [5.41, 5.74) is 5.93. The number of carboxylic acid groups (broad SMARTS) is 1. The van der Waals surface area contributed by atoms with E-state index in [4.69, 9.17) is 10.8 Å². The molecule has 1 aromatic carbocycles. The van der Waals surface area contributed by atoms with Crippen LogP contribution in [0.3, 0.4) is 0 Å². The molecule has 0 bridgehead atoms. The molecule has 0 saturated carbocycles. The molecule has 1 atom stereocenters. The first kappa shape index (κ1) is 16.7. The number of nitrogens with one attached hydrogen (secondary N) is 1. The van der Waals surface area contributed by atoms with Crippen molar-refractivity contribution in [2.45, 2.75) is 26.2 Å². The summed E-state index contributed by atoms with van der Waals surface area (Å²) in [5.74, 6) is -1.33. The lowest BCUT2D eigenvalue weighted by Gasteiger charge is -2.11. The lowest BCUT2D eigenvalue weighted by molar-refractivity contribution is -0.137. The Balaban J connectivity index is 2.36. The van der Waals surface area contributed by atoms with Crippen LogP contribution in [-0.2, 0) is 4.79 Å². The number of primary amides is 1. The molecule has 0 radical (unpaired) electrons. The molecule has 114 valence electrons. The number of nitrogens with two attached hydrogens (primary N) is 1. The monoisotopic (exact) mass is 292 g/mol. The fourth-order valence-electron chi connectivity index (χ4n) is 1.83. The Morgan fingerprint density at radius 2 is 1.71 bits per heavy atom. The molecule has 0 saturated heterocycles. The number of aliphatic carboxylic acids is 1. The molecule has 1 aromatic rings. The minimum Gasteiger partial charge on any atom is -0.481 e. The molecule has 4 N–H and O–H groups in total. The molecule has 0 aliphatic rings. The van der Waals surface area contributed by atoms with Gasteiger partial charge in [0.1, 0.15) is 0 Å². The average Bonchev–Trinajstić information content (AvgIpc) is 2.45. The molecule has 0 spiro atoms. The van der Waals surface area contributed by atoms with Crippen molar-refractivity contribution in [3.05, 3.63) is 35.4 Å². The molecule has 21 heavy (non-hydrogen) atoms. The van der Waals surface area contributed by atoms with E-state index in [-0.39, 0.29) is 18.2 Å². The van der Waals surface area contributed by atoms with Gasteiger partial charge >= 0.3 is 5.97 Å². The number of benzene rings is 1. The van der Waals surface area contributed by atoms with Gasteiger partial charge in [-0.2, -0.15) is 0 Å². The summed E-state index contributed by atoms with van der Waals surface area (Å²) in [7, 11) is 0. The first-order valence-corrected chi connectivity index (χ1v) is 6.80. The first-order chi connectivity index (χ1) is 9.90. The Bertz CT molecular complexity index is 511. The zero-order valence-electron chi connectivity index (χ0n) is 12.0. The van der Waals surface area contributed by atoms with Gasteiger partial charge in [-0.05, 0) is 43.0 Å². The van der Waals surface area contributed by atoms with Crippen LogP contribution in [0.2, 0.25) is 0 Å². The summed E-state index contributed by atoms with van der Waals surface area (Å²) < 4.78 is 0. The zero-order valence-corrected chi connectivity index (χ0v) is 12.0. The van der Waals surface area contributed by atoms with E-state index in [1.165, 1.54) is 12.1 Å². The Morgan fingerprint density at radius 1 is 1.14 bits per heavy atom.